The van der Waals surface area contributed by atoms with Crippen molar-refractivity contribution in [3.8, 4) is 0 Å². The number of nitrogens with zero attached hydrogens (tertiary/aromatic N) is 2. The minimum absolute atomic E-state index is 0.0909. The van der Waals surface area contributed by atoms with Crippen LogP contribution in [0.25, 0.3) is 0 Å². The van der Waals surface area contributed by atoms with Crippen molar-refractivity contribution in [2.45, 2.75) is 58.5 Å². The highest BCUT2D eigenvalue weighted by Crippen LogP contribution is 2.27. The lowest BCUT2D eigenvalue weighted by Gasteiger charge is -2.34. The van der Waals surface area contributed by atoms with Crippen LogP contribution in [0.2, 0.25) is 0 Å². The number of aryl methyl sites for hydroxylation is 2. The van der Waals surface area contributed by atoms with Gasteiger partial charge < -0.3 is 10.2 Å². The van der Waals surface area contributed by atoms with Crippen molar-refractivity contribution in [1.29, 1.82) is 0 Å². The van der Waals surface area contributed by atoms with Gasteiger partial charge >= 0.3 is 0 Å². The summed E-state index contributed by atoms with van der Waals surface area (Å²) < 4.78 is 28.9. The number of anilines is 1. The van der Waals surface area contributed by atoms with Gasteiger partial charge in [0.1, 0.15) is 12.6 Å². The van der Waals surface area contributed by atoms with Crippen molar-refractivity contribution in [2.24, 2.45) is 5.92 Å². The lowest BCUT2D eigenvalue weighted by atomic mass is 10.1. The number of sulfonamides is 1. The van der Waals surface area contributed by atoms with Gasteiger partial charge in [-0.15, -0.1) is 0 Å². The molecule has 0 fully saturated rings. The molecule has 7 nitrogen and oxygen atoms in total. The van der Waals surface area contributed by atoms with Gasteiger partial charge in [-0.1, -0.05) is 81.4 Å². The van der Waals surface area contributed by atoms with E-state index in [0.29, 0.717) is 18.7 Å². The maximum Gasteiger partial charge on any atom is 0.264 e. The molecular weight excluding hydrogens is 510 g/mol. The van der Waals surface area contributed by atoms with Gasteiger partial charge in [0.2, 0.25) is 11.8 Å². The number of benzene rings is 3. The van der Waals surface area contributed by atoms with Crippen LogP contribution in [-0.4, -0.2) is 44.3 Å². The molecule has 0 unspecified atom stereocenters. The monoisotopic (exact) mass is 549 g/mol. The zero-order valence-electron chi connectivity index (χ0n) is 23.4. The highest BCUT2D eigenvalue weighted by molar-refractivity contribution is 7.92. The van der Waals surface area contributed by atoms with Crippen LogP contribution in [0, 0.1) is 19.8 Å². The molecule has 3 aromatic rings. The second-order valence-electron chi connectivity index (χ2n) is 10.1. The van der Waals surface area contributed by atoms with Crippen molar-refractivity contribution >= 4 is 27.5 Å². The first-order valence-electron chi connectivity index (χ1n) is 13.3. The van der Waals surface area contributed by atoms with Crippen molar-refractivity contribution in [3.63, 3.8) is 0 Å². The third kappa shape index (κ3) is 7.47. The molecule has 0 aliphatic rings. The Bertz CT molecular complexity index is 1370. The van der Waals surface area contributed by atoms with Crippen LogP contribution >= 0.6 is 0 Å². The van der Waals surface area contributed by atoms with Crippen LogP contribution in [0.15, 0.2) is 83.8 Å². The average molecular weight is 550 g/mol. The Morgan fingerprint density at radius 1 is 0.846 bits per heavy atom. The molecule has 0 saturated carbocycles. The first kappa shape index (κ1) is 29.9. The summed E-state index contributed by atoms with van der Waals surface area (Å²) in [5, 5.41) is 2.95. The summed E-state index contributed by atoms with van der Waals surface area (Å²) >= 11 is 0. The van der Waals surface area contributed by atoms with Gasteiger partial charge in [0.25, 0.3) is 10.0 Å². The highest BCUT2D eigenvalue weighted by Gasteiger charge is 2.34. The minimum Gasteiger partial charge on any atom is -0.354 e. The number of rotatable bonds is 12. The molecule has 0 saturated heterocycles. The van der Waals surface area contributed by atoms with Crippen LogP contribution in [0.3, 0.4) is 0 Å². The normalized spacial score (nSPS) is 12.2. The third-order valence-corrected chi connectivity index (χ3v) is 8.44. The summed E-state index contributed by atoms with van der Waals surface area (Å²) in [6.07, 6.45) is 0.386. The number of nitrogens with one attached hydrogen (secondary N) is 1. The predicted octanol–water partition coefficient (Wildman–Crippen LogP) is 5.08. The van der Waals surface area contributed by atoms with E-state index in [1.165, 1.54) is 17.0 Å². The van der Waals surface area contributed by atoms with Crippen LogP contribution < -0.4 is 9.62 Å². The van der Waals surface area contributed by atoms with Crippen molar-refractivity contribution in [2.75, 3.05) is 17.4 Å². The Hall–Kier alpha value is -3.65. The Labute approximate surface area is 232 Å². The van der Waals surface area contributed by atoms with E-state index in [-0.39, 0.29) is 23.3 Å². The number of para-hydroxylation sites is 1. The molecule has 3 rings (SSSR count). The fourth-order valence-electron chi connectivity index (χ4n) is 4.39. The first-order chi connectivity index (χ1) is 18.6. The summed E-state index contributed by atoms with van der Waals surface area (Å²) in [5.41, 5.74) is 3.02. The van der Waals surface area contributed by atoms with Crippen molar-refractivity contribution in [1.82, 2.24) is 10.2 Å². The molecule has 0 heterocycles. The second-order valence-corrected chi connectivity index (χ2v) is 12.0. The molecule has 0 bridgehead atoms. The zero-order valence-corrected chi connectivity index (χ0v) is 24.2. The minimum atomic E-state index is -4.08. The zero-order chi connectivity index (χ0) is 28.6. The van der Waals surface area contributed by atoms with E-state index in [9.17, 15) is 18.0 Å². The van der Waals surface area contributed by atoms with E-state index < -0.39 is 28.5 Å². The molecule has 0 aliphatic carbocycles. The summed E-state index contributed by atoms with van der Waals surface area (Å²) in [5.74, 6) is -0.450. The fraction of sp³-hybridized carbons (Fsp3) is 0.355. The summed E-state index contributed by atoms with van der Waals surface area (Å²) in [6, 6.07) is 22.1. The fourth-order valence-corrected chi connectivity index (χ4v) is 5.89. The smallest absolute Gasteiger partial charge is 0.264 e. The van der Waals surface area contributed by atoms with Gasteiger partial charge in [-0.3, -0.25) is 13.9 Å². The molecule has 1 N–H and O–H groups in total. The maximum atomic E-state index is 14.1. The highest BCUT2D eigenvalue weighted by atomic mass is 32.2. The van der Waals surface area contributed by atoms with E-state index >= 15 is 0 Å². The lowest BCUT2D eigenvalue weighted by Crippen LogP contribution is -2.52. The van der Waals surface area contributed by atoms with E-state index in [0.717, 1.165) is 21.0 Å². The van der Waals surface area contributed by atoms with Gasteiger partial charge in [-0.05, 0) is 61.1 Å². The SMILES string of the molecule is CC[C@H](C(=O)NCC(C)C)N(Cc1ccccc1C)C(=O)CN(c1ccccc1C)S(=O)(=O)c1ccccc1. The topological polar surface area (TPSA) is 86.8 Å². The Kier molecular flexibility index (Phi) is 10.3. The largest absolute Gasteiger partial charge is 0.354 e. The molecule has 0 radical (unpaired) electrons. The van der Waals surface area contributed by atoms with E-state index in [1.807, 2.05) is 71.0 Å². The number of carbonyl (C=O) groups is 2. The Balaban J connectivity index is 2.06. The quantitative estimate of drug-likeness (QED) is 0.341. The maximum absolute atomic E-state index is 14.1. The molecule has 1 atom stereocenters. The van der Waals surface area contributed by atoms with Crippen LogP contribution in [-0.2, 0) is 26.2 Å². The molecule has 0 aliphatic heterocycles. The molecule has 0 aromatic heterocycles. The number of carbonyl (C=O) groups excluding carboxylic acids is 2. The first-order valence-corrected chi connectivity index (χ1v) is 14.7. The summed E-state index contributed by atoms with van der Waals surface area (Å²) in [4.78, 5) is 29.0. The van der Waals surface area contributed by atoms with Crippen molar-refractivity contribution < 1.29 is 18.0 Å². The molecule has 0 spiro atoms. The number of hydrogen-bond acceptors (Lipinski definition) is 4. The summed E-state index contributed by atoms with van der Waals surface area (Å²) in [7, 11) is -4.08. The number of amides is 2. The van der Waals surface area contributed by atoms with Crippen molar-refractivity contribution in [3.05, 3.63) is 95.6 Å². The molecular formula is C31H39N3O4S. The summed E-state index contributed by atoms with van der Waals surface area (Å²) in [6.45, 7) is 9.87. The number of hydrogen-bond donors (Lipinski definition) is 1. The van der Waals surface area contributed by atoms with Gasteiger partial charge in [0.15, 0.2) is 0 Å². The molecule has 2 amide bonds. The average Bonchev–Trinajstić information content (AvgIpc) is 2.92. The van der Waals surface area contributed by atoms with Crippen LogP contribution in [0.5, 0.6) is 0 Å². The van der Waals surface area contributed by atoms with Gasteiger partial charge in [0, 0.05) is 13.1 Å². The molecule has 39 heavy (non-hydrogen) atoms. The van der Waals surface area contributed by atoms with Crippen LogP contribution in [0.1, 0.15) is 43.9 Å². The molecule has 8 heteroatoms. The van der Waals surface area contributed by atoms with Gasteiger partial charge in [-0.2, -0.15) is 0 Å². The van der Waals surface area contributed by atoms with Gasteiger partial charge in [-0.25, -0.2) is 8.42 Å². The molecule has 3 aromatic carbocycles. The molecule has 208 valence electrons. The third-order valence-electron chi connectivity index (χ3n) is 6.67. The Morgan fingerprint density at radius 2 is 1.44 bits per heavy atom. The standard InChI is InChI=1S/C31H39N3O4S/c1-6-28(31(36)32-20-23(2)3)33(21-26-16-12-10-14-24(26)4)30(35)22-34(29-19-13-11-15-25(29)5)39(37,38)27-17-8-7-9-18-27/h7-19,23,28H,6,20-22H2,1-5H3,(H,32,36)/t28-/m1/s1. The Morgan fingerprint density at radius 3 is 2.03 bits per heavy atom. The van der Waals surface area contributed by atoms with E-state index in [2.05, 4.69) is 5.32 Å². The van der Waals surface area contributed by atoms with E-state index in [1.54, 1.807) is 30.3 Å². The van der Waals surface area contributed by atoms with Gasteiger partial charge in [0.05, 0.1) is 10.6 Å². The lowest BCUT2D eigenvalue weighted by molar-refractivity contribution is -0.140. The second kappa shape index (κ2) is 13.4. The predicted molar refractivity (Wildman–Crippen MR) is 156 cm³/mol. The van der Waals surface area contributed by atoms with E-state index in [4.69, 9.17) is 0 Å². The van der Waals surface area contributed by atoms with Crippen LogP contribution in [0.4, 0.5) is 5.69 Å².